The summed E-state index contributed by atoms with van der Waals surface area (Å²) in [6.45, 7) is -0.572. The van der Waals surface area contributed by atoms with Gasteiger partial charge < -0.3 is 21.1 Å². The van der Waals surface area contributed by atoms with E-state index in [-0.39, 0.29) is 11.3 Å². The van der Waals surface area contributed by atoms with Gasteiger partial charge in [-0.05, 0) is 18.2 Å². The topological polar surface area (TPSA) is 111 Å². The summed E-state index contributed by atoms with van der Waals surface area (Å²) in [5.41, 5.74) is 6.43. The number of anilines is 1. The quantitative estimate of drug-likeness (QED) is 0.502. The van der Waals surface area contributed by atoms with Gasteiger partial charge in [0, 0.05) is 11.3 Å². The number of aliphatic hydroxyl groups excluding tert-OH is 3. The first-order chi connectivity index (χ1) is 7.10. The lowest BCUT2D eigenvalue weighted by molar-refractivity contribution is -0.0149. The molecule has 0 spiro atoms. The molecule has 1 aromatic carbocycles. The Kier molecular flexibility index (Phi) is 3.63. The molecule has 0 heterocycles. The van der Waals surface area contributed by atoms with E-state index in [1.54, 1.807) is 0 Å². The third-order valence-corrected chi connectivity index (χ3v) is 2.09. The van der Waals surface area contributed by atoms with Gasteiger partial charge in [0.25, 0.3) is 0 Å². The summed E-state index contributed by atoms with van der Waals surface area (Å²) in [5, 5.41) is 36.1. The lowest BCUT2D eigenvalue weighted by atomic mass is 10.0. The molecule has 0 bridgehead atoms. The number of nitrogens with zero attached hydrogens (tertiary/aromatic N) is 1. The van der Waals surface area contributed by atoms with Crippen LogP contribution in [0.5, 0.6) is 0 Å². The van der Waals surface area contributed by atoms with Crippen molar-refractivity contribution in [3.63, 3.8) is 0 Å². The highest BCUT2D eigenvalue weighted by Gasteiger charge is 2.19. The van der Waals surface area contributed by atoms with Crippen molar-refractivity contribution in [3.8, 4) is 6.07 Å². The summed E-state index contributed by atoms with van der Waals surface area (Å²) in [7, 11) is 0. The minimum atomic E-state index is -1.30. The Morgan fingerprint density at radius 1 is 1.40 bits per heavy atom. The van der Waals surface area contributed by atoms with Crippen LogP contribution in [-0.2, 0) is 0 Å². The van der Waals surface area contributed by atoms with Crippen LogP contribution in [0.15, 0.2) is 18.2 Å². The van der Waals surface area contributed by atoms with Crippen LogP contribution in [0.1, 0.15) is 17.2 Å². The summed E-state index contributed by atoms with van der Waals surface area (Å²) >= 11 is 0. The molecule has 0 radical (unpaired) electrons. The maximum absolute atomic E-state index is 9.59. The highest BCUT2D eigenvalue weighted by molar-refractivity contribution is 5.52. The van der Waals surface area contributed by atoms with Gasteiger partial charge in [-0.25, -0.2) is 0 Å². The fourth-order valence-corrected chi connectivity index (χ4v) is 1.21. The molecule has 0 aliphatic rings. The van der Waals surface area contributed by atoms with Crippen molar-refractivity contribution in [3.05, 3.63) is 29.3 Å². The molecule has 0 saturated carbocycles. The number of hydrogen-bond acceptors (Lipinski definition) is 5. The monoisotopic (exact) mass is 208 g/mol. The Morgan fingerprint density at radius 2 is 2.07 bits per heavy atom. The van der Waals surface area contributed by atoms with Crippen molar-refractivity contribution in [1.29, 1.82) is 5.26 Å². The SMILES string of the molecule is N#Cc1ccc(N)c(C(O)C(O)CO)c1. The molecule has 2 unspecified atom stereocenters. The molecule has 0 aromatic heterocycles. The van der Waals surface area contributed by atoms with Gasteiger partial charge >= 0.3 is 0 Å². The Balaban J connectivity index is 3.07. The Labute approximate surface area is 87.0 Å². The minimum Gasteiger partial charge on any atom is -0.398 e. The summed E-state index contributed by atoms with van der Waals surface area (Å²) in [5.74, 6) is 0. The lowest BCUT2D eigenvalue weighted by Gasteiger charge is -2.17. The molecular formula is C10H12N2O3. The van der Waals surface area contributed by atoms with Gasteiger partial charge in [0.05, 0.1) is 18.2 Å². The predicted octanol–water partition coefficient (Wildman–Crippen LogP) is -0.473. The van der Waals surface area contributed by atoms with Crippen LogP contribution >= 0.6 is 0 Å². The molecule has 5 nitrogen and oxygen atoms in total. The van der Waals surface area contributed by atoms with Crippen LogP contribution in [0.4, 0.5) is 5.69 Å². The number of rotatable bonds is 3. The molecule has 2 atom stereocenters. The number of aliphatic hydroxyl groups is 3. The highest BCUT2D eigenvalue weighted by Crippen LogP contribution is 2.24. The lowest BCUT2D eigenvalue weighted by Crippen LogP contribution is -2.23. The van der Waals surface area contributed by atoms with Crippen molar-refractivity contribution in [1.82, 2.24) is 0 Å². The zero-order chi connectivity index (χ0) is 11.4. The van der Waals surface area contributed by atoms with Crippen molar-refractivity contribution < 1.29 is 15.3 Å². The number of hydrogen-bond donors (Lipinski definition) is 4. The maximum Gasteiger partial charge on any atom is 0.109 e. The van der Waals surface area contributed by atoms with Crippen molar-refractivity contribution in [2.75, 3.05) is 12.3 Å². The first-order valence-electron chi connectivity index (χ1n) is 4.36. The van der Waals surface area contributed by atoms with Gasteiger partial charge in [0.15, 0.2) is 0 Å². The molecule has 5 N–H and O–H groups in total. The Hall–Kier alpha value is -1.61. The summed E-state index contributed by atoms with van der Waals surface area (Å²) < 4.78 is 0. The molecule has 1 aromatic rings. The van der Waals surface area contributed by atoms with Crippen LogP contribution in [-0.4, -0.2) is 28.0 Å². The highest BCUT2D eigenvalue weighted by atomic mass is 16.4. The molecule has 0 aliphatic carbocycles. The van der Waals surface area contributed by atoms with E-state index >= 15 is 0 Å². The Bertz CT molecular complexity index is 387. The van der Waals surface area contributed by atoms with Gasteiger partial charge in [-0.2, -0.15) is 5.26 Å². The van der Waals surface area contributed by atoms with Crippen LogP contribution in [0, 0.1) is 11.3 Å². The van der Waals surface area contributed by atoms with E-state index < -0.39 is 18.8 Å². The molecule has 0 amide bonds. The van der Waals surface area contributed by atoms with Gasteiger partial charge in [-0.3, -0.25) is 0 Å². The van der Waals surface area contributed by atoms with E-state index in [9.17, 15) is 10.2 Å². The predicted molar refractivity (Wildman–Crippen MR) is 53.6 cm³/mol. The van der Waals surface area contributed by atoms with E-state index in [4.69, 9.17) is 16.1 Å². The summed E-state index contributed by atoms with van der Waals surface area (Å²) in [6.07, 6.45) is -2.59. The van der Waals surface area contributed by atoms with Gasteiger partial charge in [-0.1, -0.05) is 0 Å². The number of benzene rings is 1. The zero-order valence-corrected chi connectivity index (χ0v) is 7.96. The Morgan fingerprint density at radius 3 is 2.60 bits per heavy atom. The van der Waals surface area contributed by atoms with E-state index in [0.29, 0.717) is 5.56 Å². The first-order valence-corrected chi connectivity index (χ1v) is 4.36. The van der Waals surface area contributed by atoms with Crippen LogP contribution < -0.4 is 5.73 Å². The molecule has 15 heavy (non-hydrogen) atoms. The number of nitrogen functional groups attached to an aromatic ring is 1. The average Bonchev–Trinajstić information content (AvgIpc) is 2.27. The van der Waals surface area contributed by atoms with E-state index in [1.807, 2.05) is 6.07 Å². The molecule has 5 heteroatoms. The van der Waals surface area contributed by atoms with Gasteiger partial charge in [0.2, 0.25) is 0 Å². The zero-order valence-electron chi connectivity index (χ0n) is 7.96. The smallest absolute Gasteiger partial charge is 0.109 e. The molecular weight excluding hydrogens is 196 g/mol. The first kappa shape index (κ1) is 11.5. The molecule has 80 valence electrons. The maximum atomic E-state index is 9.59. The van der Waals surface area contributed by atoms with Crippen molar-refractivity contribution >= 4 is 5.69 Å². The second-order valence-electron chi connectivity index (χ2n) is 3.15. The van der Waals surface area contributed by atoms with Crippen LogP contribution in [0.3, 0.4) is 0 Å². The van der Waals surface area contributed by atoms with E-state index in [2.05, 4.69) is 0 Å². The number of nitriles is 1. The van der Waals surface area contributed by atoms with Gasteiger partial charge in [-0.15, -0.1) is 0 Å². The van der Waals surface area contributed by atoms with Crippen LogP contribution in [0.25, 0.3) is 0 Å². The average molecular weight is 208 g/mol. The largest absolute Gasteiger partial charge is 0.398 e. The molecule has 0 aliphatic heterocycles. The third kappa shape index (κ3) is 2.44. The summed E-state index contributed by atoms with van der Waals surface area (Å²) in [4.78, 5) is 0. The summed E-state index contributed by atoms with van der Waals surface area (Å²) in [6, 6.07) is 6.27. The normalized spacial score (nSPS) is 14.3. The van der Waals surface area contributed by atoms with E-state index in [0.717, 1.165) is 0 Å². The molecule has 0 fully saturated rings. The number of nitrogens with two attached hydrogens (primary N) is 1. The fraction of sp³-hybridized carbons (Fsp3) is 0.300. The molecule has 0 saturated heterocycles. The van der Waals surface area contributed by atoms with Crippen LogP contribution in [0.2, 0.25) is 0 Å². The van der Waals surface area contributed by atoms with Gasteiger partial charge in [0.1, 0.15) is 12.2 Å². The standard InChI is InChI=1S/C10H12N2O3/c11-4-6-1-2-8(12)7(3-6)10(15)9(14)5-13/h1-3,9-10,13-15H,5,12H2. The van der Waals surface area contributed by atoms with Crippen molar-refractivity contribution in [2.24, 2.45) is 0 Å². The second-order valence-corrected chi connectivity index (χ2v) is 3.15. The second kappa shape index (κ2) is 4.75. The molecule has 1 rings (SSSR count). The van der Waals surface area contributed by atoms with Crippen molar-refractivity contribution in [2.45, 2.75) is 12.2 Å². The fourth-order valence-electron chi connectivity index (χ4n) is 1.21. The van der Waals surface area contributed by atoms with E-state index in [1.165, 1.54) is 18.2 Å². The third-order valence-electron chi connectivity index (χ3n) is 2.09. The minimum absolute atomic E-state index is 0.246.